The molecule has 3 amide bonds. The molecule has 0 bridgehead atoms. The number of carboxylic acids is 1. The zero-order valence-electron chi connectivity index (χ0n) is 20.9. The van der Waals surface area contributed by atoms with Gasteiger partial charge in [-0.1, -0.05) is 62.4 Å². The number of aromatic amines is 1. The van der Waals surface area contributed by atoms with Crippen LogP contribution in [0, 0.1) is 5.92 Å². The summed E-state index contributed by atoms with van der Waals surface area (Å²) in [5, 5.41) is 18.4. The van der Waals surface area contributed by atoms with Crippen LogP contribution in [0.2, 0.25) is 0 Å². The first-order chi connectivity index (χ1) is 17.7. The van der Waals surface area contributed by atoms with Crippen molar-refractivity contribution in [1.82, 2.24) is 20.9 Å². The highest BCUT2D eigenvalue weighted by atomic mass is 16.4. The molecule has 3 atom stereocenters. The van der Waals surface area contributed by atoms with Crippen LogP contribution >= 0.6 is 0 Å². The van der Waals surface area contributed by atoms with Crippen LogP contribution in [0.1, 0.15) is 25.0 Å². The van der Waals surface area contributed by atoms with Gasteiger partial charge in [0.05, 0.1) is 6.54 Å². The van der Waals surface area contributed by atoms with Crippen LogP contribution in [0.15, 0.2) is 60.8 Å². The van der Waals surface area contributed by atoms with Gasteiger partial charge in [-0.05, 0) is 23.1 Å². The number of nitrogens with two attached hydrogens (primary N) is 1. The number of benzene rings is 2. The number of carboxylic acid groups (broad SMARTS) is 1. The fraction of sp³-hybridized carbons (Fsp3) is 0.333. The molecular weight excluding hydrogens is 474 g/mol. The molecule has 37 heavy (non-hydrogen) atoms. The van der Waals surface area contributed by atoms with E-state index < -0.39 is 41.8 Å². The highest BCUT2D eigenvalue weighted by molar-refractivity contribution is 5.94. The summed E-state index contributed by atoms with van der Waals surface area (Å²) in [7, 11) is 0. The van der Waals surface area contributed by atoms with Gasteiger partial charge >= 0.3 is 5.97 Å². The molecule has 0 saturated carbocycles. The highest BCUT2D eigenvalue weighted by Gasteiger charge is 2.31. The lowest BCUT2D eigenvalue weighted by atomic mass is 10.00. The maximum Gasteiger partial charge on any atom is 0.326 e. The molecule has 0 spiro atoms. The third-order valence-corrected chi connectivity index (χ3v) is 6.08. The van der Waals surface area contributed by atoms with E-state index in [1.165, 1.54) is 0 Å². The Morgan fingerprint density at radius 2 is 1.49 bits per heavy atom. The molecule has 0 radical (unpaired) electrons. The Kier molecular flexibility index (Phi) is 9.39. The van der Waals surface area contributed by atoms with Crippen LogP contribution in [0.4, 0.5) is 0 Å². The van der Waals surface area contributed by atoms with E-state index >= 15 is 0 Å². The summed E-state index contributed by atoms with van der Waals surface area (Å²) >= 11 is 0. The number of aromatic nitrogens is 1. The lowest BCUT2D eigenvalue weighted by molar-refractivity contribution is -0.143. The second-order valence-corrected chi connectivity index (χ2v) is 9.21. The molecular formula is C27H33N5O5. The molecule has 0 fully saturated rings. The largest absolute Gasteiger partial charge is 0.480 e. The van der Waals surface area contributed by atoms with E-state index in [0.717, 1.165) is 22.0 Å². The molecule has 1 heterocycles. The summed E-state index contributed by atoms with van der Waals surface area (Å²) in [5.74, 6) is -3.27. The van der Waals surface area contributed by atoms with Gasteiger partial charge in [-0.15, -0.1) is 0 Å². The predicted octanol–water partition coefficient (Wildman–Crippen LogP) is 1.11. The molecule has 10 heteroatoms. The Morgan fingerprint density at radius 3 is 2.14 bits per heavy atom. The number of amides is 3. The molecule has 0 aliphatic heterocycles. The van der Waals surface area contributed by atoms with E-state index in [4.69, 9.17) is 5.73 Å². The number of hydrogen-bond acceptors (Lipinski definition) is 5. The number of aliphatic carboxylic acids is 1. The number of para-hydroxylation sites is 1. The zero-order chi connectivity index (χ0) is 26.9. The van der Waals surface area contributed by atoms with Gasteiger partial charge in [0.25, 0.3) is 0 Å². The second-order valence-electron chi connectivity index (χ2n) is 9.21. The number of carbonyl (C=O) groups excluding carboxylic acids is 3. The van der Waals surface area contributed by atoms with Gasteiger partial charge in [0.15, 0.2) is 0 Å². The average molecular weight is 508 g/mol. The maximum absolute atomic E-state index is 13.4. The van der Waals surface area contributed by atoms with E-state index in [1.807, 2.05) is 54.6 Å². The van der Waals surface area contributed by atoms with Gasteiger partial charge in [0.2, 0.25) is 17.7 Å². The second kappa shape index (κ2) is 12.7. The van der Waals surface area contributed by atoms with Crippen molar-refractivity contribution in [1.29, 1.82) is 0 Å². The molecule has 7 N–H and O–H groups in total. The van der Waals surface area contributed by atoms with E-state index in [0.29, 0.717) is 0 Å². The summed E-state index contributed by atoms with van der Waals surface area (Å²) in [6.45, 7) is 3.07. The number of rotatable bonds is 12. The molecule has 2 aromatic carbocycles. The van der Waals surface area contributed by atoms with E-state index in [9.17, 15) is 24.3 Å². The minimum atomic E-state index is -1.17. The van der Waals surface area contributed by atoms with Crippen molar-refractivity contribution in [3.63, 3.8) is 0 Å². The van der Waals surface area contributed by atoms with Crippen molar-refractivity contribution >= 4 is 34.6 Å². The number of nitrogens with one attached hydrogen (secondary N) is 4. The third-order valence-electron chi connectivity index (χ3n) is 6.08. The summed E-state index contributed by atoms with van der Waals surface area (Å²) in [6.07, 6.45) is 2.05. The standard InChI is InChI=1S/C27H33N5O5/c1-16(2)24(27(36)37)32-26(35)22(13-18-15-29-20-11-7-6-10-19(18)20)31-25(34)21(30-23(33)14-28)12-17-8-4-3-5-9-17/h3-11,15-16,21-22,24,29H,12-14,28H2,1-2H3,(H,30,33)(H,31,34)(H,32,35)(H,36,37). The van der Waals surface area contributed by atoms with Crippen molar-refractivity contribution in [3.05, 3.63) is 71.9 Å². The lowest BCUT2D eigenvalue weighted by Crippen LogP contribution is -2.57. The van der Waals surface area contributed by atoms with Gasteiger partial charge in [0.1, 0.15) is 18.1 Å². The maximum atomic E-state index is 13.4. The summed E-state index contributed by atoms with van der Waals surface area (Å²) in [4.78, 5) is 53.6. The molecule has 1 aromatic heterocycles. The molecule has 0 aliphatic rings. The Morgan fingerprint density at radius 1 is 0.865 bits per heavy atom. The SMILES string of the molecule is CC(C)C(NC(=O)C(Cc1c[nH]c2ccccc12)NC(=O)C(Cc1ccccc1)NC(=O)CN)C(=O)O. The molecule has 3 rings (SSSR count). The smallest absolute Gasteiger partial charge is 0.326 e. The van der Waals surface area contributed by atoms with Gasteiger partial charge in [-0.3, -0.25) is 14.4 Å². The first-order valence-corrected chi connectivity index (χ1v) is 12.1. The highest BCUT2D eigenvalue weighted by Crippen LogP contribution is 2.19. The van der Waals surface area contributed by atoms with Gasteiger partial charge in [-0.2, -0.15) is 0 Å². The summed E-state index contributed by atoms with van der Waals surface area (Å²) in [6, 6.07) is 13.4. The molecule has 3 aromatic rings. The topological polar surface area (TPSA) is 166 Å². The number of H-pyrrole nitrogens is 1. The average Bonchev–Trinajstić information content (AvgIpc) is 3.29. The first kappa shape index (κ1) is 27.4. The zero-order valence-corrected chi connectivity index (χ0v) is 20.9. The molecule has 0 aliphatic carbocycles. The van der Waals surface area contributed by atoms with Gasteiger partial charge in [0, 0.05) is 29.9 Å². The first-order valence-electron chi connectivity index (χ1n) is 12.1. The van der Waals surface area contributed by atoms with Crippen molar-refractivity contribution < 1.29 is 24.3 Å². The van der Waals surface area contributed by atoms with E-state index in [2.05, 4.69) is 20.9 Å². The Hall–Kier alpha value is -4.18. The van der Waals surface area contributed by atoms with Gasteiger partial charge in [-0.25, -0.2) is 4.79 Å². The van der Waals surface area contributed by atoms with Crippen molar-refractivity contribution in [2.45, 2.75) is 44.8 Å². The van der Waals surface area contributed by atoms with Crippen molar-refractivity contribution in [3.8, 4) is 0 Å². The predicted molar refractivity (Wildman–Crippen MR) is 139 cm³/mol. The van der Waals surface area contributed by atoms with Crippen LogP contribution in [0.5, 0.6) is 0 Å². The van der Waals surface area contributed by atoms with Gasteiger partial charge < -0.3 is 31.8 Å². The third kappa shape index (κ3) is 7.40. The summed E-state index contributed by atoms with van der Waals surface area (Å²) in [5.41, 5.74) is 7.90. The minimum Gasteiger partial charge on any atom is -0.480 e. The van der Waals surface area contributed by atoms with E-state index in [-0.39, 0.29) is 25.3 Å². The monoisotopic (exact) mass is 507 g/mol. The molecule has 0 saturated heterocycles. The fourth-order valence-electron chi connectivity index (χ4n) is 4.08. The molecule has 3 unspecified atom stereocenters. The lowest BCUT2D eigenvalue weighted by Gasteiger charge is -2.25. The minimum absolute atomic E-state index is 0.106. The summed E-state index contributed by atoms with van der Waals surface area (Å²) < 4.78 is 0. The van der Waals surface area contributed by atoms with Crippen molar-refractivity contribution in [2.75, 3.05) is 6.54 Å². The number of carbonyl (C=O) groups is 4. The Labute approximate surface area is 215 Å². The van der Waals surface area contributed by atoms with Crippen LogP contribution in [0.25, 0.3) is 10.9 Å². The van der Waals surface area contributed by atoms with Crippen LogP contribution in [-0.4, -0.2) is 58.5 Å². The normalized spacial score (nSPS) is 13.5. The quantitative estimate of drug-likeness (QED) is 0.215. The fourth-order valence-corrected chi connectivity index (χ4v) is 4.08. The van der Waals surface area contributed by atoms with E-state index in [1.54, 1.807) is 20.0 Å². The number of fused-ring (bicyclic) bond motifs is 1. The molecule has 196 valence electrons. The molecule has 10 nitrogen and oxygen atoms in total. The van der Waals surface area contributed by atoms with Crippen LogP contribution in [0.3, 0.4) is 0 Å². The number of hydrogen-bond donors (Lipinski definition) is 6. The van der Waals surface area contributed by atoms with Crippen molar-refractivity contribution in [2.24, 2.45) is 11.7 Å². The Balaban J connectivity index is 1.88. The van der Waals surface area contributed by atoms with Crippen LogP contribution in [-0.2, 0) is 32.0 Å². The van der Waals surface area contributed by atoms with Crippen LogP contribution < -0.4 is 21.7 Å². The Bertz CT molecular complexity index is 1240.